The van der Waals surface area contributed by atoms with E-state index in [1.54, 1.807) is 0 Å². The molecular weight excluding hydrogens is 384 g/mol. The van der Waals surface area contributed by atoms with E-state index in [1.807, 2.05) is 13.8 Å². The third-order valence-electron chi connectivity index (χ3n) is 4.61. The van der Waals surface area contributed by atoms with Gasteiger partial charge in [-0.3, -0.25) is 4.79 Å². The van der Waals surface area contributed by atoms with Crippen molar-refractivity contribution in [3.63, 3.8) is 0 Å². The lowest BCUT2D eigenvalue weighted by Crippen LogP contribution is -2.42. The van der Waals surface area contributed by atoms with E-state index in [1.165, 1.54) is 36.7 Å². The van der Waals surface area contributed by atoms with Gasteiger partial charge in [0.1, 0.15) is 16.7 Å². The second kappa shape index (κ2) is 9.38. The molecule has 1 aromatic rings. The summed E-state index contributed by atoms with van der Waals surface area (Å²) in [5.74, 6) is -0.751. The van der Waals surface area contributed by atoms with Crippen LogP contribution in [0.2, 0.25) is 0 Å². The van der Waals surface area contributed by atoms with E-state index in [2.05, 4.69) is 5.32 Å². The van der Waals surface area contributed by atoms with Crippen molar-refractivity contribution in [3.8, 4) is 5.75 Å². The molecule has 1 aliphatic heterocycles. The number of rotatable bonds is 8. The summed E-state index contributed by atoms with van der Waals surface area (Å²) in [5, 5.41) is 2.64. The van der Waals surface area contributed by atoms with Gasteiger partial charge in [-0.15, -0.1) is 0 Å². The molecule has 0 aliphatic carbocycles. The minimum absolute atomic E-state index is 0.0528. The normalized spacial score (nSPS) is 16.0. The SMILES string of the molecule is COC(=O)C(CC(C)C)NC(=O)c1ccc(OC)c(S(=O)(=O)N2CCCC2)c1. The summed E-state index contributed by atoms with van der Waals surface area (Å²) < 4.78 is 37.3. The number of benzene rings is 1. The zero-order valence-electron chi connectivity index (χ0n) is 16.7. The smallest absolute Gasteiger partial charge is 0.328 e. The highest BCUT2D eigenvalue weighted by atomic mass is 32.2. The van der Waals surface area contributed by atoms with Gasteiger partial charge in [-0.25, -0.2) is 13.2 Å². The van der Waals surface area contributed by atoms with Gasteiger partial charge in [-0.05, 0) is 43.4 Å². The number of esters is 1. The van der Waals surface area contributed by atoms with Crippen LogP contribution in [0, 0.1) is 5.92 Å². The van der Waals surface area contributed by atoms with E-state index >= 15 is 0 Å². The van der Waals surface area contributed by atoms with Crippen molar-refractivity contribution in [2.45, 2.75) is 44.0 Å². The fourth-order valence-corrected chi connectivity index (χ4v) is 4.86. The zero-order valence-corrected chi connectivity index (χ0v) is 17.5. The van der Waals surface area contributed by atoms with Crippen molar-refractivity contribution >= 4 is 21.9 Å². The van der Waals surface area contributed by atoms with Gasteiger partial charge in [0.25, 0.3) is 5.91 Å². The summed E-state index contributed by atoms with van der Waals surface area (Å²) in [4.78, 5) is 24.6. The van der Waals surface area contributed by atoms with Gasteiger partial charge >= 0.3 is 5.97 Å². The van der Waals surface area contributed by atoms with Gasteiger partial charge in [-0.2, -0.15) is 4.31 Å². The molecule has 1 aromatic carbocycles. The Labute approximate surface area is 166 Å². The minimum atomic E-state index is -3.77. The monoisotopic (exact) mass is 412 g/mol. The number of sulfonamides is 1. The quantitative estimate of drug-likeness (QED) is 0.653. The summed E-state index contributed by atoms with van der Waals surface area (Å²) in [6.45, 7) is 4.74. The molecule has 0 bridgehead atoms. The fourth-order valence-electron chi connectivity index (χ4n) is 3.16. The highest BCUT2D eigenvalue weighted by molar-refractivity contribution is 7.89. The van der Waals surface area contributed by atoms with Crippen LogP contribution in [0.3, 0.4) is 0 Å². The van der Waals surface area contributed by atoms with Crippen molar-refractivity contribution < 1.29 is 27.5 Å². The molecule has 0 saturated carbocycles. The first-order chi connectivity index (χ1) is 13.2. The molecule has 1 aliphatic rings. The predicted molar refractivity (Wildman–Crippen MR) is 104 cm³/mol. The number of hydrogen-bond donors (Lipinski definition) is 1. The van der Waals surface area contributed by atoms with Crippen LogP contribution >= 0.6 is 0 Å². The molecule has 0 spiro atoms. The maximum absolute atomic E-state index is 13.0. The van der Waals surface area contributed by atoms with E-state index in [4.69, 9.17) is 9.47 Å². The van der Waals surface area contributed by atoms with Gasteiger partial charge in [-0.1, -0.05) is 13.8 Å². The molecule has 1 saturated heterocycles. The maximum Gasteiger partial charge on any atom is 0.328 e. The lowest BCUT2D eigenvalue weighted by Gasteiger charge is -2.20. The topological polar surface area (TPSA) is 102 Å². The minimum Gasteiger partial charge on any atom is -0.495 e. The highest BCUT2D eigenvalue weighted by Crippen LogP contribution is 2.30. The standard InChI is InChI=1S/C19H28N2O6S/c1-13(2)11-15(19(23)27-4)20-18(22)14-7-8-16(26-3)17(12-14)28(24,25)21-9-5-6-10-21/h7-8,12-13,15H,5-6,9-11H2,1-4H3,(H,20,22). The van der Waals surface area contributed by atoms with Crippen LogP contribution in [0.5, 0.6) is 5.75 Å². The number of hydrogen-bond acceptors (Lipinski definition) is 6. The molecule has 1 amide bonds. The van der Waals surface area contributed by atoms with Gasteiger partial charge < -0.3 is 14.8 Å². The van der Waals surface area contributed by atoms with E-state index in [0.717, 1.165) is 12.8 Å². The summed E-state index contributed by atoms with van der Waals surface area (Å²) in [5.41, 5.74) is 0.135. The maximum atomic E-state index is 13.0. The molecule has 28 heavy (non-hydrogen) atoms. The lowest BCUT2D eigenvalue weighted by atomic mass is 10.0. The van der Waals surface area contributed by atoms with E-state index in [0.29, 0.717) is 19.5 Å². The third-order valence-corrected chi connectivity index (χ3v) is 6.53. The van der Waals surface area contributed by atoms with E-state index < -0.39 is 27.9 Å². The molecule has 2 rings (SSSR count). The van der Waals surface area contributed by atoms with Gasteiger partial charge in [0.15, 0.2) is 0 Å². The van der Waals surface area contributed by atoms with Crippen LogP contribution in [0.15, 0.2) is 23.1 Å². The summed E-state index contributed by atoms with van der Waals surface area (Å²) >= 11 is 0. The lowest BCUT2D eigenvalue weighted by molar-refractivity contribution is -0.143. The first-order valence-corrected chi connectivity index (χ1v) is 10.7. The molecule has 1 fully saturated rings. The first-order valence-electron chi connectivity index (χ1n) is 9.27. The third kappa shape index (κ3) is 5.02. The average molecular weight is 413 g/mol. The highest BCUT2D eigenvalue weighted by Gasteiger charge is 2.31. The number of carbonyl (C=O) groups is 2. The van der Waals surface area contributed by atoms with Crippen molar-refractivity contribution in [3.05, 3.63) is 23.8 Å². The molecule has 1 unspecified atom stereocenters. The van der Waals surface area contributed by atoms with Gasteiger partial charge in [0.05, 0.1) is 14.2 Å². The first kappa shape index (κ1) is 22.2. The Balaban J connectivity index is 2.33. The Morgan fingerprint density at radius 3 is 2.36 bits per heavy atom. The predicted octanol–water partition coefficient (Wildman–Crippen LogP) is 1.80. The molecule has 8 nitrogen and oxygen atoms in total. The van der Waals surface area contributed by atoms with Crippen LogP contribution in [0.25, 0.3) is 0 Å². The number of methoxy groups -OCH3 is 2. The van der Waals surface area contributed by atoms with Crippen molar-refractivity contribution in [2.24, 2.45) is 5.92 Å². The van der Waals surface area contributed by atoms with Crippen LogP contribution in [-0.4, -0.2) is 58.0 Å². The van der Waals surface area contributed by atoms with Crippen molar-refractivity contribution in [1.29, 1.82) is 0 Å². The molecule has 1 N–H and O–H groups in total. The van der Waals surface area contributed by atoms with E-state index in [9.17, 15) is 18.0 Å². The molecule has 9 heteroatoms. The molecule has 0 radical (unpaired) electrons. The second-order valence-electron chi connectivity index (χ2n) is 7.16. The summed E-state index contributed by atoms with van der Waals surface area (Å²) in [6, 6.07) is 3.41. The van der Waals surface area contributed by atoms with Crippen LogP contribution < -0.4 is 10.1 Å². The molecule has 1 heterocycles. The zero-order chi connectivity index (χ0) is 20.9. The number of ether oxygens (including phenoxy) is 2. The van der Waals surface area contributed by atoms with Crippen molar-refractivity contribution in [1.82, 2.24) is 9.62 Å². The van der Waals surface area contributed by atoms with Crippen LogP contribution in [0.4, 0.5) is 0 Å². The molecule has 156 valence electrons. The number of carbonyl (C=O) groups excluding carboxylic acids is 2. The molecule has 1 atom stereocenters. The molecular formula is C19H28N2O6S. The largest absolute Gasteiger partial charge is 0.495 e. The Bertz CT molecular complexity index is 816. The average Bonchev–Trinajstić information content (AvgIpc) is 3.21. The second-order valence-corrected chi connectivity index (χ2v) is 9.06. The fraction of sp³-hybridized carbons (Fsp3) is 0.579. The number of nitrogens with one attached hydrogen (secondary N) is 1. The number of nitrogens with zero attached hydrogens (tertiary/aromatic N) is 1. The number of amides is 1. The van der Waals surface area contributed by atoms with Crippen molar-refractivity contribution in [2.75, 3.05) is 27.3 Å². The Morgan fingerprint density at radius 2 is 1.82 bits per heavy atom. The Morgan fingerprint density at radius 1 is 1.18 bits per heavy atom. The Kier molecular flexibility index (Phi) is 7.42. The van der Waals surface area contributed by atoms with Gasteiger partial charge in [0.2, 0.25) is 10.0 Å². The molecule has 0 aromatic heterocycles. The van der Waals surface area contributed by atoms with Gasteiger partial charge in [0, 0.05) is 18.7 Å². The summed E-state index contributed by atoms with van der Waals surface area (Å²) in [6.07, 6.45) is 2.02. The van der Waals surface area contributed by atoms with E-state index in [-0.39, 0.29) is 22.1 Å². The Hall–Kier alpha value is -2.13. The summed E-state index contributed by atoms with van der Waals surface area (Å²) in [7, 11) is -1.13. The van der Waals surface area contributed by atoms with Crippen LogP contribution in [0.1, 0.15) is 43.5 Å². The van der Waals surface area contributed by atoms with Crippen LogP contribution in [-0.2, 0) is 19.6 Å².